The van der Waals surface area contributed by atoms with Crippen LogP contribution in [0.25, 0.3) is 6.08 Å². The Kier molecular flexibility index (Phi) is 8.18. The summed E-state index contributed by atoms with van der Waals surface area (Å²) in [6, 6.07) is 12.5. The molecule has 0 radical (unpaired) electrons. The Morgan fingerprint density at radius 1 is 1.23 bits per heavy atom. The second kappa shape index (κ2) is 11.1. The highest BCUT2D eigenvalue weighted by atomic mass is 35.5. The molecule has 1 N–H and O–H groups in total. The molecule has 0 saturated carbocycles. The van der Waals surface area contributed by atoms with Crippen molar-refractivity contribution in [1.82, 2.24) is 10.2 Å². The maximum atomic E-state index is 12.5. The average molecular weight is 533 g/mol. The number of carbonyl (C=O) groups is 2. The van der Waals surface area contributed by atoms with Crippen LogP contribution in [-0.4, -0.2) is 43.4 Å². The normalized spacial score (nSPS) is 11.4. The fourth-order valence-electron chi connectivity index (χ4n) is 2.59. The highest BCUT2D eigenvalue weighted by Gasteiger charge is 2.20. The van der Waals surface area contributed by atoms with Crippen LogP contribution < -0.4 is 14.8 Å². The van der Waals surface area contributed by atoms with Crippen molar-refractivity contribution in [1.29, 1.82) is 5.26 Å². The molecular formula is C22H17ClN4O6S2. The minimum absolute atomic E-state index is 0.0685. The van der Waals surface area contributed by atoms with Crippen molar-refractivity contribution >= 4 is 55.9 Å². The SMILES string of the molecule is CCS(=O)(=O)c1nnc(NC(=O)/C(C#N)=C\c2ccc(OC(=O)c3cccc(OC)c3)c(Cl)c2)s1. The zero-order valence-corrected chi connectivity index (χ0v) is 20.7. The number of amides is 1. The predicted octanol–water partition coefficient (Wildman–Crippen LogP) is 3.76. The molecule has 0 unspecified atom stereocenters. The molecule has 1 heterocycles. The van der Waals surface area contributed by atoms with Crippen molar-refractivity contribution in [2.45, 2.75) is 11.3 Å². The van der Waals surface area contributed by atoms with Crippen LogP contribution in [0.15, 0.2) is 52.4 Å². The number of nitrogens with one attached hydrogen (secondary N) is 1. The largest absolute Gasteiger partial charge is 0.497 e. The number of nitriles is 1. The first kappa shape index (κ1) is 25.8. The summed E-state index contributed by atoms with van der Waals surface area (Å²) < 4.78 is 33.9. The lowest BCUT2D eigenvalue weighted by atomic mass is 10.1. The van der Waals surface area contributed by atoms with E-state index in [9.17, 15) is 23.3 Å². The molecule has 13 heteroatoms. The fraction of sp³-hybridized carbons (Fsp3) is 0.136. The average Bonchev–Trinajstić information content (AvgIpc) is 3.33. The molecule has 0 fully saturated rings. The van der Waals surface area contributed by atoms with Crippen LogP contribution >= 0.6 is 22.9 Å². The molecule has 10 nitrogen and oxygen atoms in total. The maximum Gasteiger partial charge on any atom is 0.343 e. The number of anilines is 1. The number of carbonyl (C=O) groups excluding carboxylic acids is 2. The fourth-order valence-corrected chi connectivity index (χ4v) is 4.80. The quantitative estimate of drug-likeness (QED) is 0.150. The Balaban J connectivity index is 1.74. The van der Waals surface area contributed by atoms with E-state index in [1.807, 2.05) is 0 Å². The topological polar surface area (TPSA) is 148 Å². The maximum absolute atomic E-state index is 12.5. The Labute approximate surface area is 209 Å². The lowest BCUT2D eigenvalue weighted by Crippen LogP contribution is -2.13. The third-order valence-electron chi connectivity index (χ3n) is 4.41. The first-order valence-electron chi connectivity index (χ1n) is 9.82. The summed E-state index contributed by atoms with van der Waals surface area (Å²) in [5.74, 6) is -1.05. The van der Waals surface area contributed by atoms with Gasteiger partial charge in [-0.25, -0.2) is 13.2 Å². The van der Waals surface area contributed by atoms with E-state index in [2.05, 4.69) is 15.5 Å². The summed E-state index contributed by atoms with van der Waals surface area (Å²) >= 11 is 6.91. The molecular weight excluding hydrogens is 516 g/mol. The van der Waals surface area contributed by atoms with Gasteiger partial charge < -0.3 is 9.47 Å². The molecule has 1 aromatic heterocycles. The van der Waals surface area contributed by atoms with E-state index in [1.54, 1.807) is 24.3 Å². The second-order valence-corrected chi connectivity index (χ2v) is 10.5. The molecule has 0 aliphatic carbocycles. The van der Waals surface area contributed by atoms with Crippen LogP contribution in [0.2, 0.25) is 5.02 Å². The van der Waals surface area contributed by atoms with Gasteiger partial charge in [-0.1, -0.05) is 42.0 Å². The van der Waals surface area contributed by atoms with E-state index in [1.165, 1.54) is 44.4 Å². The standard InChI is InChI=1S/C22H17ClN4O6S2/c1-3-35(30,31)22-27-26-21(34-22)25-19(28)15(12-24)9-13-7-8-18(17(23)10-13)33-20(29)14-5-4-6-16(11-14)32-2/h4-11H,3H2,1-2H3,(H,25,26,28)/b15-9-. The van der Waals surface area contributed by atoms with Gasteiger partial charge in [0.1, 0.15) is 23.1 Å². The smallest absolute Gasteiger partial charge is 0.343 e. The third kappa shape index (κ3) is 6.42. The van der Waals surface area contributed by atoms with Gasteiger partial charge in [-0.15, -0.1) is 10.2 Å². The second-order valence-electron chi connectivity index (χ2n) is 6.71. The summed E-state index contributed by atoms with van der Waals surface area (Å²) in [6.45, 7) is 1.46. The van der Waals surface area contributed by atoms with E-state index < -0.39 is 21.7 Å². The van der Waals surface area contributed by atoms with Crippen LogP contribution in [-0.2, 0) is 14.6 Å². The summed E-state index contributed by atoms with van der Waals surface area (Å²) in [6.07, 6.45) is 1.26. The Bertz CT molecular complexity index is 1460. The first-order chi connectivity index (χ1) is 16.7. The number of sulfone groups is 1. The molecule has 3 rings (SSSR count). The van der Waals surface area contributed by atoms with E-state index in [0.717, 1.165) is 0 Å². The number of aromatic nitrogens is 2. The van der Waals surface area contributed by atoms with Crippen molar-refractivity contribution in [3.63, 3.8) is 0 Å². The third-order valence-corrected chi connectivity index (χ3v) is 7.73. The highest BCUT2D eigenvalue weighted by molar-refractivity contribution is 7.93. The molecule has 1 amide bonds. The molecule has 0 aliphatic rings. The zero-order chi connectivity index (χ0) is 25.6. The number of rotatable bonds is 8. The van der Waals surface area contributed by atoms with Gasteiger partial charge in [-0.3, -0.25) is 10.1 Å². The van der Waals surface area contributed by atoms with E-state index in [0.29, 0.717) is 22.6 Å². The van der Waals surface area contributed by atoms with Gasteiger partial charge in [-0.2, -0.15) is 5.26 Å². The van der Waals surface area contributed by atoms with Crippen molar-refractivity contribution < 1.29 is 27.5 Å². The van der Waals surface area contributed by atoms with Crippen molar-refractivity contribution in [2.24, 2.45) is 0 Å². The Morgan fingerprint density at radius 2 is 2.00 bits per heavy atom. The summed E-state index contributed by atoms with van der Waals surface area (Å²) in [5.41, 5.74) is 0.353. The Hall–Kier alpha value is -3.79. The van der Waals surface area contributed by atoms with Crippen LogP contribution in [0.4, 0.5) is 5.13 Å². The lowest BCUT2D eigenvalue weighted by Gasteiger charge is -2.08. The summed E-state index contributed by atoms with van der Waals surface area (Å²) in [5, 5.41) is 18.9. The lowest BCUT2D eigenvalue weighted by molar-refractivity contribution is -0.112. The van der Waals surface area contributed by atoms with Crippen molar-refractivity contribution in [3.8, 4) is 17.6 Å². The molecule has 0 saturated heterocycles. The monoisotopic (exact) mass is 532 g/mol. The molecule has 0 bridgehead atoms. The van der Waals surface area contributed by atoms with Crippen molar-refractivity contribution in [3.05, 3.63) is 64.2 Å². The number of hydrogen-bond acceptors (Lipinski definition) is 10. The van der Waals surface area contributed by atoms with Gasteiger partial charge in [0.05, 0.1) is 23.4 Å². The number of nitrogens with zero attached hydrogens (tertiary/aromatic N) is 3. The number of ether oxygens (including phenoxy) is 2. The van der Waals surface area contributed by atoms with Gasteiger partial charge in [-0.05, 0) is 42.0 Å². The van der Waals surface area contributed by atoms with E-state index in [4.69, 9.17) is 21.1 Å². The molecule has 2 aromatic carbocycles. The van der Waals surface area contributed by atoms with E-state index >= 15 is 0 Å². The summed E-state index contributed by atoms with van der Waals surface area (Å²) in [4.78, 5) is 24.9. The number of halogens is 1. The van der Waals surface area contributed by atoms with Gasteiger partial charge in [0, 0.05) is 0 Å². The van der Waals surface area contributed by atoms with E-state index in [-0.39, 0.29) is 37.1 Å². The summed E-state index contributed by atoms with van der Waals surface area (Å²) in [7, 11) is -2.09. The predicted molar refractivity (Wildman–Crippen MR) is 129 cm³/mol. The molecule has 0 spiro atoms. The van der Waals surface area contributed by atoms with Crippen LogP contribution in [0.3, 0.4) is 0 Å². The van der Waals surface area contributed by atoms with Gasteiger partial charge in [0.2, 0.25) is 19.3 Å². The number of benzene rings is 2. The zero-order valence-electron chi connectivity index (χ0n) is 18.3. The number of methoxy groups -OCH3 is 1. The number of hydrogen-bond donors (Lipinski definition) is 1. The minimum Gasteiger partial charge on any atom is -0.497 e. The van der Waals surface area contributed by atoms with Crippen molar-refractivity contribution in [2.75, 3.05) is 18.2 Å². The molecule has 3 aromatic rings. The van der Waals surface area contributed by atoms with Crippen LogP contribution in [0, 0.1) is 11.3 Å². The first-order valence-corrected chi connectivity index (χ1v) is 12.7. The van der Waals surface area contributed by atoms with Crippen LogP contribution in [0.5, 0.6) is 11.5 Å². The molecule has 0 atom stereocenters. The highest BCUT2D eigenvalue weighted by Crippen LogP contribution is 2.28. The molecule has 35 heavy (non-hydrogen) atoms. The van der Waals surface area contributed by atoms with Crippen LogP contribution in [0.1, 0.15) is 22.8 Å². The van der Waals surface area contributed by atoms with Gasteiger partial charge in [0.15, 0.2) is 0 Å². The Morgan fingerprint density at radius 3 is 2.66 bits per heavy atom. The molecule has 0 aliphatic heterocycles. The molecule has 180 valence electrons. The van der Waals surface area contributed by atoms with Gasteiger partial charge in [0.25, 0.3) is 5.91 Å². The minimum atomic E-state index is -3.57. The van der Waals surface area contributed by atoms with Gasteiger partial charge >= 0.3 is 5.97 Å². The number of esters is 1.